The molecule has 4 heteroatoms. The fourth-order valence-electron chi connectivity index (χ4n) is 9.94. The van der Waals surface area contributed by atoms with Crippen LogP contribution in [0.2, 0.25) is 0 Å². The van der Waals surface area contributed by atoms with Gasteiger partial charge in [0.25, 0.3) is 0 Å². The average Bonchev–Trinajstić information content (AvgIpc) is 3.87. The van der Waals surface area contributed by atoms with Crippen molar-refractivity contribution >= 4 is 91.3 Å². The lowest BCUT2D eigenvalue weighted by Crippen LogP contribution is -2.09. The van der Waals surface area contributed by atoms with Crippen molar-refractivity contribution < 1.29 is 0 Å². The van der Waals surface area contributed by atoms with Crippen LogP contribution in [0.1, 0.15) is 29.3 Å². The maximum Gasteiger partial charge on any atom is 0.137 e. The Morgan fingerprint density at radius 1 is 0.545 bits per heavy atom. The minimum atomic E-state index is -0.0413. The van der Waals surface area contributed by atoms with E-state index in [0.717, 1.165) is 40.1 Å². The van der Waals surface area contributed by atoms with Crippen LogP contribution in [0.3, 0.4) is 0 Å². The fraction of sp³-hybridized carbons (Fsp3) is 0.0588. The van der Waals surface area contributed by atoms with Gasteiger partial charge in [-0.1, -0.05) is 127 Å². The highest BCUT2D eigenvalue weighted by molar-refractivity contribution is 7.26. The van der Waals surface area contributed by atoms with Gasteiger partial charge in [0.1, 0.15) is 5.82 Å². The number of aryl methyl sites for hydroxylation is 1. The summed E-state index contributed by atoms with van der Waals surface area (Å²) >= 11 is 1.81. The molecule has 13 rings (SSSR count). The first-order valence-electron chi connectivity index (χ1n) is 19.2. The standard InChI is InChI=1S/C51H31N3S/c1-2-14-32-27-33(22-21-29(32)11-1)47-50-48(37-18-8-10-20-43(37)55-50)53-51(52-47)38-25-23-30-12-3-5-15-34(30)39-28-40-36-17-7-9-19-41(36)54-42-26-24-31-13-4-6-16-35(31)45(42)46(44(38)39)49(40)54/h1-22,24,26-28,38H,23,25H2. The molecule has 256 valence electrons. The zero-order chi connectivity index (χ0) is 35.8. The number of rotatable bonds is 2. The third-order valence-electron chi connectivity index (χ3n) is 12.3. The van der Waals surface area contributed by atoms with Gasteiger partial charge >= 0.3 is 0 Å². The number of benzene rings is 8. The fourth-order valence-corrected chi connectivity index (χ4v) is 11.1. The van der Waals surface area contributed by atoms with Crippen LogP contribution in [0.25, 0.3) is 102 Å². The van der Waals surface area contributed by atoms with Crippen molar-refractivity contribution in [1.29, 1.82) is 0 Å². The lowest BCUT2D eigenvalue weighted by Gasteiger charge is -2.20. The largest absolute Gasteiger partial charge is 0.308 e. The van der Waals surface area contributed by atoms with Crippen LogP contribution in [-0.4, -0.2) is 14.4 Å². The first-order valence-corrected chi connectivity index (χ1v) is 20.0. The smallest absolute Gasteiger partial charge is 0.137 e. The molecule has 3 nitrogen and oxygen atoms in total. The van der Waals surface area contributed by atoms with Crippen molar-refractivity contribution in [3.8, 4) is 22.4 Å². The summed E-state index contributed by atoms with van der Waals surface area (Å²) in [5.41, 5.74) is 12.4. The quantitative estimate of drug-likeness (QED) is 0.178. The van der Waals surface area contributed by atoms with Crippen molar-refractivity contribution in [2.45, 2.75) is 18.8 Å². The highest BCUT2D eigenvalue weighted by Crippen LogP contribution is 2.52. The first kappa shape index (κ1) is 29.8. The summed E-state index contributed by atoms with van der Waals surface area (Å²) in [7, 11) is 0. The van der Waals surface area contributed by atoms with Crippen molar-refractivity contribution in [2.75, 3.05) is 0 Å². The van der Waals surface area contributed by atoms with Crippen LogP contribution in [0.15, 0.2) is 158 Å². The Balaban J connectivity index is 1.21. The maximum absolute atomic E-state index is 5.73. The predicted octanol–water partition coefficient (Wildman–Crippen LogP) is 13.7. The summed E-state index contributed by atoms with van der Waals surface area (Å²) in [6.07, 6.45) is 1.85. The van der Waals surface area contributed by atoms with E-state index in [1.54, 1.807) is 0 Å². The van der Waals surface area contributed by atoms with Gasteiger partial charge in [0, 0.05) is 43.1 Å². The lowest BCUT2D eigenvalue weighted by molar-refractivity contribution is 0.689. The summed E-state index contributed by atoms with van der Waals surface area (Å²) in [5.74, 6) is 0.862. The zero-order valence-electron chi connectivity index (χ0n) is 29.8. The molecule has 0 bridgehead atoms. The average molecular weight is 718 g/mol. The summed E-state index contributed by atoms with van der Waals surface area (Å²) in [6.45, 7) is 0. The maximum atomic E-state index is 5.73. The van der Waals surface area contributed by atoms with Gasteiger partial charge in [-0.25, -0.2) is 9.97 Å². The number of hydrogen-bond acceptors (Lipinski definition) is 3. The summed E-state index contributed by atoms with van der Waals surface area (Å²) < 4.78 is 4.92. The molecule has 0 saturated heterocycles. The number of hydrogen-bond donors (Lipinski definition) is 0. The molecule has 12 aromatic rings. The molecule has 1 aliphatic rings. The van der Waals surface area contributed by atoms with Gasteiger partial charge < -0.3 is 4.40 Å². The Morgan fingerprint density at radius 3 is 2.22 bits per heavy atom. The molecule has 55 heavy (non-hydrogen) atoms. The van der Waals surface area contributed by atoms with Crippen molar-refractivity contribution in [2.24, 2.45) is 0 Å². The second kappa shape index (κ2) is 11.0. The van der Waals surface area contributed by atoms with Crippen LogP contribution < -0.4 is 0 Å². The Morgan fingerprint density at radius 2 is 1.29 bits per heavy atom. The van der Waals surface area contributed by atoms with E-state index < -0.39 is 0 Å². The Labute approximate surface area is 320 Å². The predicted molar refractivity (Wildman–Crippen MR) is 232 cm³/mol. The highest BCUT2D eigenvalue weighted by atomic mass is 32.1. The number of aromatic nitrogens is 3. The molecule has 1 aliphatic carbocycles. The third kappa shape index (κ3) is 4.04. The molecule has 8 aromatic carbocycles. The number of fused-ring (bicyclic) bond motifs is 16. The topological polar surface area (TPSA) is 30.2 Å². The Hall–Kier alpha value is -6.62. The van der Waals surface area contributed by atoms with Crippen molar-refractivity contribution in [1.82, 2.24) is 14.4 Å². The molecule has 4 heterocycles. The number of nitrogens with zero attached hydrogens (tertiary/aromatic N) is 3. The third-order valence-corrected chi connectivity index (χ3v) is 13.5. The minimum Gasteiger partial charge on any atom is -0.308 e. The molecule has 0 saturated carbocycles. The lowest BCUT2D eigenvalue weighted by atomic mass is 9.85. The summed E-state index contributed by atoms with van der Waals surface area (Å²) in [4.78, 5) is 11.4. The first-order chi connectivity index (χ1) is 27.3. The van der Waals surface area contributed by atoms with Gasteiger partial charge in [-0.2, -0.15) is 0 Å². The molecule has 1 unspecified atom stereocenters. The molecular formula is C51H31N3S. The zero-order valence-corrected chi connectivity index (χ0v) is 30.6. The van der Waals surface area contributed by atoms with E-state index in [0.29, 0.717) is 0 Å². The molecule has 0 N–H and O–H groups in total. The van der Waals surface area contributed by atoms with E-state index >= 15 is 0 Å². The normalized spacial score (nSPS) is 14.6. The molecular weight excluding hydrogens is 687 g/mol. The van der Waals surface area contributed by atoms with Crippen LogP contribution in [0, 0.1) is 0 Å². The summed E-state index contributed by atoms with van der Waals surface area (Å²) in [6, 6.07) is 58.2. The molecule has 1 atom stereocenters. The van der Waals surface area contributed by atoms with Gasteiger partial charge in [-0.05, 0) is 87.0 Å². The van der Waals surface area contributed by atoms with Gasteiger partial charge in [0.15, 0.2) is 0 Å². The van der Waals surface area contributed by atoms with E-state index in [-0.39, 0.29) is 5.92 Å². The molecule has 4 aromatic heterocycles. The Bertz CT molecular complexity index is 3570. The van der Waals surface area contributed by atoms with Gasteiger partial charge in [0.2, 0.25) is 0 Å². The molecule has 0 fully saturated rings. The van der Waals surface area contributed by atoms with Crippen LogP contribution in [-0.2, 0) is 6.42 Å². The second-order valence-corrected chi connectivity index (χ2v) is 16.2. The minimum absolute atomic E-state index is 0.0413. The van der Waals surface area contributed by atoms with Crippen LogP contribution in [0.4, 0.5) is 0 Å². The SMILES string of the molecule is c1ccc2c(c1)CCC(c1nc(-c3ccc4ccccc4c3)c3sc4ccccc4c3n1)c1c-2cc2c3ccccc3n3c4ccc5ccccc5c4c1c23. The van der Waals surface area contributed by atoms with Gasteiger partial charge in [-0.15, -0.1) is 11.3 Å². The van der Waals surface area contributed by atoms with E-state index in [9.17, 15) is 0 Å². The monoisotopic (exact) mass is 717 g/mol. The molecule has 0 aliphatic heterocycles. The molecule has 0 spiro atoms. The Kier molecular flexibility index (Phi) is 5.94. The van der Waals surface area contributed by atoms with Crippen molar-refractivity contribution in [3.05, 3.63) is 175 Å². The van der Waals surface area contributed by atoms with Crippen LogP contribution in [0.5, 0.6) is 0 Å². The van der Waals surface area contributed by atoms with Crippen LogP contribution >= 0.6 is 11.3 Å². The number of para-hydroxylation sites is 1. The van der Waals surface area contributed by atoms with E-state index in [2.05, 4.69) is 162 Å². The number of thiophene rings is 1. The molecule has 0 amide bonds. The summed E-state index contributed by atoms with van der Waals surface area (Å²) in [5, 5.41) is 11.4. The van der Waals surface area contributed by atoms with Gasteiger partial charge in [-0.3, -0.25) is 0 Å². The second-order valence-electron chi connectivity index (χ2n) is 15.2. The van der Waals surface area contributed by atoms with E-state index in [1.165, 1.54) is 92.0 Å². The molecule has 0 radical (unpaired) electrons. The van der Waals surface area contributed by atoms with E-state index in [1.807, 2.05) is 11.3 Å². The van der Waals surface area contributed by atoms with E-state index in [4.69, 9.17) is 9.97 Å². The highest BCUT2D eigenvalue weighted by Gasteiger charge is 2.33. The van der Waals surface area contributed by atoms with Crippen molar-refractivity contribution in [3.63, 3.8) is 0 Å². The van der Waals surface area contributed by atoms with Gasteiger partial charge in [0.05, 0.1) is 32.5 Å².